The van der Waals surface area contributed by atoms with Crippen molar-refractivity contribution >= 4 is 5.97 Å². The standard InChI is InChI=1S/C10H10F2O4/c1-16-6-2-5(3-8(13)14)9(15)7(4-6)10(11)12/h2,4,10,15H,3H2,1H3,(H,13,14). The zero-order valence-corrected chi connectivity index (χ0v) is 8.41. The van der Waals surface area contributed by atoms with Crippen LogP contribution in [0.5, 0.6) is 11.5 Å². The quantitative estimate of drug-likeness (QED) is 0.832. The molecule has 1 aromatic carbocycles. The lowest BCUT2D eigenvalue weighted by molar-refractivity contribution is -0.136. The summed E-state index contributed by atoms with van der Waals surface area (Å²) in [5.41, 5.74) is -0.724. The van der Waals surface area contributed by atoms with Crippen molar-refractivity contribution in [2.24, 2.45) is 0 Å². The summed E-state index contributed by atoms with van der Waals surface area (Å²) in [6.45, 7) is 0. The van der Waals surface area contributed by atoms with Crippen molar-refractivity contribution in [3.63, 3.8) is 0 Å². The molecule has 0 saturated carbocycles. The van der Waals surface area contributed by atoms with Gasteiger partial charge in [-0.1, -0.05) is 0 Å². The third kappa shape index (κ3) is 2.59. The van der Waals surface area contributed by atoms with E-state index in [9.17, 15) is 18.7 Å². The number of carbonyl (C=O) groups is 1. The molecule has 4 nitrogen and oxygen atoms in total. The lowest BCUT2D eigenvalue weighted by Crippen LogP contribution is -2.02. The summed E-state index contributed by atoms with van der Waals surface area (Å²) < 4.78 is 29.7. The molecule has 0 unspecified atom stereocenters. The topological polar surface area (TPSA) is 66.8 Å². The van der Waals surface area contributed by atoms with E-state index >= 15 is 0 Å². The molecule has 16 heavy (non-hydrogen) atoms. The van der Waals surface area contributed by atoms with Gasteiger partial charge in [0.2, 0.25) is 0 Å². The number of benzene rings is 1. The number of aliphatic carboxylic acids is 1. The van der Waals surface area contributed by atoms with Gasteiger partial charge in [-0.3, -0.25) is 4.79 Å². The highest BCUT2D eigenvalue weighted by Crippen LogP contribution is 2.35. The monoisotopic (exact) mass is 232 g/mol. The highest BCUT2D eigenvalue weighted by Gasteiger charge is 2.19. The van der Waals surface area contributed by atoms with Crippen molar-refractivity contribution in [1.82, 2.24) is 0 Å². The van der Waals surface area contributed by atoms with Crippen molar-refractivity contribution < 1.29 is 28.5 Å². The third-order valence-corrected chi connectivity index (χ3v) is 2.00. The Balaban J connectivity index is 3.25. The molecule has 0 aliphatic heterocycles. The molecule has 0 aliphatic carbocycles. The Morgan fingerprint density at radius 1 is 1.50 bits per heavy atom. The molecule has 0 aromatic heterocycles. The molecule has 2 N–H and O–H groups in total. The van der Waals surface area contributed by atoms with Gasteiger partial charge < -0.3 is 14.9 Å². The normalized spacial score (nSPS) is 10.5. The minimum absolute atomic E-state index is 0.0874. The molecule has 0 radical (unpaired) electrons. The number of phenolic OH excluding ortho intramolecular Hbond substituents is 1. The number of phenols is 1. The molecule has 0 fully saturated rings. The molecular formula is C10H10F2O4. The van der Waals surface area contributed by atoms with E-state index in [-0.39, 0.29) is 11.3 Å². The number of ether oxygens (including phenoxy) is 1. The number of carboxylic acid groups (broad SMARTS) is 1. The highest BCUT2D eigenvalue weighted by atomic mass is 19.3. The summed E-state index contributed by atoms with van der Waals surface area (Å²) in [5, 5.41) is 18.0. The largest absolute Gasteiger partial charge is 0.507 e. The van der Waals surface area contributed by atoms with Crippen LogP contribution in [0.1, 0.15) is 17.6 Å². The van der Waals surface area contributed by atoms with E-state index in [2.05, 4.69) is 0 Å². The Hall–Kier alpha value is -1.85. The van der Waals surface area contributed by atoms with Crippen molar-refractivity contribution in [2.75, 3.05) is 7.11 Å². The second-order valence-corrected chi connectivity index (χ2v) is 3.10. The summed E-state index contributed by atoms with van der Waals surface area (Å²) in [6.07, 6.45) is -3.43. The van der Waals surface area contributed by atoms with E-state index in [1.165, 1.54) is 13.2 Å². The maximum atomic E-state index is 12.5. The Labute approximate surface area is 90.1 Å². The molecule has 0 aliphatic rings. The van der Waals surface area contributed by atoms with Gasteiger partial charge in [-0.2, -0.15) is 0 Å². The lowest BCUT2D eigenvalue weighted by atomic mass is 10.1. The fourth-order valence-corrected chi connectivity index (χ4v) is 1.27. The molecule has 6 heteroatoms. The van der Waals surface area contributed by atoms with Gasteiger partial charge in [0.15, 0.2) is 0 Å². The number of hydrogen-bond donors (Lipinski definition) is 2. The number of carboxylic acids is 1. The Bertz CT molecular complexity index is 404. The first-order valence-corrected chi connectivity index (χ1v) is 4.35. The first kappa shape index (κ1) is 12.2. The van der Waals surface area contributed by atoms with Gasteiger partial charge in [-0.25, -0.2) is 8.78 Å². The van der Waals surface area contributed by atoms with Gasteiger partial charge in [-0.15, -0.1) is 0 Å². The molecule has 0 heterocycles. The van der Waals surface area contributed by atoms with Crippen molar-refractivity contribution in [3.05, 3.63) is 23.3 Å². The van der Waals surface area contributed by atoms with Crippen LogP contribution in [0.2, 0.25) is 0 Å². The maximum Gasteiger partial charge on any atom is 0.307 e. The van der Waals surface area contributed by atoms with E-state index in [1.54, 1.807) is 0 Å². The Kier molecular flexibility index (Phi) is 3.65. The lowest BCUT2D eigenvalue weighted by Gasteiger charge is -2.10. The second kappa shape index (κ2) is 4.78. The van der Waals surface area contributed by atoms with E-state index < -0.39 is 30.1 Å². The zero-order valence-electron chi connectivity index (χ0n) is 8.41. The van der Waals surface area contributed by atoms with Crippen LogP contribution in [0.4, 0.5) is 8.78 Å². The predicted octanol–water partition coefficient (Wildman–Crippen LogP) is 1.97. The SMILES string of the molecule is COc1cc(CC(=O)O)c(O)c(C(F)F)c1. The number of methoxy groups -OCH3 is 1. The molecule has 0 atom stereocenters. The van der Waals surface area contributed by atoms with Crippen LogP contribution in [0, 0.1) is 0 Å². The number of halogens is 2. The van der Waals surface area contributed by atoms with Gasteiger partial charge in [0.25, 0.3) is 6.43 Å². The summed E-state index contributed by atoms with van der Waals surface area (Å²) >= 11 is 0. The molecule has 0 spiro atoms. The summed E-state index contributed by atoms with van der Waals surface area (Å²) in [6, 6.07) is 2.20. The van der Waals surface area contributed by atoms with Crippen LogP contribution in [-0.2, 0) is 11.2 Å². The van der Waals surface area contributed by atoms with Gasteiger partial charge >= 0.3 is 5.97 Å². The highest BCUT2D eigenvalue weighted by molar-refractivity contribution is 5.72. The molecule has 88 valence electrons. The van der Waals surface area contributed by atoms with E-state index in [0.717, 1.165) is 6.07 Å². The van der Waals surface area contributed by atoms with Gasteiger partial charge in [-0.05, 0) is 12.1 Å². The smallest absolute Gasteiger partial charge is 0.307 e. The van der Waals surface area contributed by atoms with Crippen LogP contribution in [-0.4, -0.2) is 23.3 Å². The fraction of sp³-hybridized carbons (Fsp3) is 0.300. The molecule has 0 saturated heterocycles. The fourth-order valence-electron chi connectivity index (χ4n) is 1.27. The first-order valence-electron chi connectivity index (χ1n) is 4.35. The van der Waals surface area contributed by atoms with Crippen LogP contribution < -0.4 is 4.74 Å². The third-order valence-electron chi connectivity index (χ3n) is 2.00. The maximum absolute atomic E-state index is 12.5. The molecule has 0 amide bonds. The van der Waals surface area contributed by atoms with Gasteiger partial charge in [0, 0.05) is 5.56 Å². The summed E-state index contributed by atoms with van der Waals surface area (Å²) in [5.74, 6) is -1.83. The van der Waals surface area contributed by atoms with E-state index in [4.69, 9.17) is 9.84 Å². The van der Waals surface area contributed by atoms with Gasteiger partial charge in [0.05, 0.1) is 19.1 Å². The minimum atomic E-state index is -2.89. The predicted molar refractivity (Wildman–Crippen MR) is 51.0 cm³/mol. The summed E-state index contributed by atoms with van der Waals surface area (Å²) in [7, 11) is 1.27. The number of alkyl halides is 2. The Morgan fingerprint density at radius 3 is 2.56 bits per heavy atom. The zero-order chi connectivity index (χ0) is 12.3. The average Bonchev–Trinajstić information content (AvgIpc) is 2.19. The minimum Gasteiger partial charge on any atom is -0.507 e. The van der Waals surface area contributed by atoms with Crippen LogP contribution in [0.3, 0.4) is 0 Å². The molecule has 0 bridgehead atoms. The van der Waals surface area contributed by atoms with Crippen LogP contribution in [0.25, 0.3) is 0 Å². The van der Waals surface area contributed by atoms with E-state index in [1.807, 2.05) is 0 Å². The molecular weight excluding hydrogens is 222 g/mol. The molecule has 1 aromatic rings. The van der Waals surface area contributed by atoms with Crippen molar-refractivity contribution in [3.8, 4) is 11.5 Å². The van der Waals surface area contributed by atoms with Gasteiger partial charge in [0.1, 0.15) is 11.5 Å². The molecule has 1 rings (SSSR count). The first-order chi connectivity index (χ1) is 7.45. The van der Waals surface area contributed by atoms with Crippen molar-refractivity contribution in [2.45, 2.75) is 12.8 Å². The van der Waals surface area contributed by atoms with E-state index in [0.29, 0.717) is 0 Å². The van der Waals surface area contributed by atoms with Crippen molar-refractivity contribution in [1.29, 1.82) is 0 Å². The Morgan fingerprint density at radius 2 is 2.12 bits per heavy atom. The summed E-state index contributed by atoms with van der Waals surface area (Å²) in [4.78, 5) is 10.5. The number of hydrogen-bond acceptors (Lipinski definition) is 3. The second-order valence-electron chi connectivity index (χ2n) is 3.10. The van der Waals surface area contributed by atoms with Crippen LogP contribution >= 0.6 is 0 Å². The van der Waals surface area contributed by atoms with Crippen LogP contribution in [0.15, 0.2) is 12.1 Å². The average molecular weight is 232 g/mol. The number of aromatic hydroxyl groups is 1. The number of rotatable bonds is 4.